The number of hydrogen-bond donors (Lipinski definition) is 24. The first-order chi connectivity index (χ1) is 55.1. The van der Waals surface area contributed by atoms with E-state index in [1.165, 1.54) is 46.7 Å². The van der Waals surface area contributed by atoms with E-state index in [0.29, 0.717) is 53.4 Å². The topological polar surface area (TPSA) is 625 Å². The highest BCUT2D eigenvalue weighted by atomic mass is 32.1. The Kier molecular flexibility index (Phi) is 33.8. The molecule has 6 heterocycles. The van der Waals surface area contributed by atoms with Crippen LogP contribution in [0, 0.1) is 16.2 Å². The number of fused-ring (bicyclic) bond motifs is 1. The number of nitrogens with zero attached hydrogens (tertiary/aromatic N) is 5. The smallest absolute Gasteiger partial charge is 0.246 e. The molecular weight excluding hydrogens is 1530 g/mol. The lowest BCUT2D eigenvalue weighted by molar-refractivity contribution is -0.148. The standard InChI is InChI=1S/C73H105N27O13S2/c1-40(101)89-48(18-8-24-84-72(77)78)60(103)96-54(36-114)68(111)98-26-10-20-56(98)67(110)95-53(32-44-35-82-39-88-44)65(108)92-50(29-41-13-3-2-4-14-41)62(105)94-52(31-43-34-81-38-87-43)64(107)93-51(30-42-33-86-46-16-6-5-15-45(42)46)63(106)97-55(37-115)69(112)100-28-12-22-58(100)70(113)99-27-11-21-57(99)66(109)91-49(19-9-25-85-73(79)80)61(104)90-47(59(74)102)17-7-23-83-71(75)76/h2-6,13-16,33-35,38-39,47-58,86,114-115H,7-12,17-32,36-37H2,1H3,(H2,74,102)(H,81,87)(H,82,88)(H,89,101)(H,90,104)(H,91,109)(H,92,108)(H,93,107)(H,94,105)(H,95,110)(H,96,103)(H,97,106)(H4,75,76,83)(H4,77,78,84)(H4,79,80,85)/t47-,48-,49-,50-,51+,52+,53+,54+,55+,56+,57+,58+/m1/s1. The van der Waals surface area contributed by atoms with Gasteiger partial charge in [0.15, 0.2) is 17.9 Å². The first kappa shape index (κ1) is 88.6. The monoisotopic (exact) mass is 1630 g/mol. The Morgan fingerprint density at radius 1 is 0.461 bits per heavy atom. The van der Waals surface area contributed by atoms with Crippen LogP contribution in [0.4, 0.5) is 0 Å². The second-order valence-electron chi connectivity index (χ2n) is 28.3. The molecule has 0 spiro atoms. The molecule has 0 saturated carbocycles. The number of carbonyl (C=O) groups excluding carboxylic acids is 13. The molecule has 3 fully saturated rings. The molecule has 3 aliphatic rings. The van der Waals surface area contributed by atoms with Gasteiger partial charge in [0.1, 0.15) is 72.5 Å². The van der Waals surface area contributed by atoms with Crippen LogP contribution in [0.15, 0.2) is 85.8 Å². The molecule has 12 atom stereocenters. The summed E-state index contributed by atoms with van der Waals surface area (Å²) in [6.07, 6.45) is 9.10. The quantitative estimate of drug-likeness (QED) is 0.00755. The highest BCUT2D eigenvalue weighted by Gasteiger charge is 2.46. The molecule has 3 aromatic heterocycles. The molecule has 5 aromatic rings. The minimum atomic E-state index is -1.55. The molecule has 26 N–H and O–H groups in total. The van der Waals surface area contributed by atoms with Gasteiger partial charge in [0.2, 0.25) is 76.8 Å². The fourth-order valence-corrected chi connectivity index (χ4v) is 14.6. The van der Waals surface area contributed by atoms with Gasteiger partial charge in [0.05, 0.1) is 24.0 Å². The van der Waals surface area contributed by atoms with Gasteiger partial charge in [-0.1, -0.05) is 48.5 Å². The van der Waals surface area contributed by atoms with Gasteiger partial charge in [0.25, 0.3) is 0 Å². The number of H-pyrrole nitrogens is 3. The summed E-state index contributed by atoms with van der Waals surface area (Å²) in [5, 5.41) is 55.6. The number of guanidine groups is 3. The number of aromatic amines is 3. The van der Waals surface area contributed by atoms with Gasteiger partial charge in [-0.2, -0.15) is 25.3 Å². The van der Waals surface area contributed by atoms with E-state index in [4.69, 9.17) is 39.2 Å². The summed E-state index contributed by atoms with van der Waals surface area (Å²) in [5.41, 5.74) is 24.4. The summed E-state index contributed by atoms with van der Waals surface area (Å²) in [4.78, 5) is 208. The fraction of sp³-hybridized carbons (Fsp3) is 0.507. The highest BCUT2D eigenvalue weighted by molar-refractivity contribution is 7.80. The number of benzene rings is 2. The van der Waals surface area contributed by atoms with Crippen molar-refractivity contribution in [3.8, 4) is 0 Å². The molecule has 42 heteroatoms. The van der Waals surface area contributed by atoms with E-state index in [2.05, 4.69) is 114 Å². The first-order valence-corrected chi connectivity index (χ1v) is 39.3. The van der Waals surface area contributed by atoms with E-state index < -0.39 is 149 Å². The van der Waals surface area contributed by atoms with Crippen molar-refractivity contribution in [2.24, 2.45) is 22.9 Å². The Balaban J connectivity index is 0.992. The van der Waals surface area contributed by atoms with Gasteiger partial charge in [-0.15, -0.1) is 0 Å². The molecule has 0 aliphatic carbocycles. The Labute approximate surface area is 673 Å². The number of carbonyl (C=O) groups is 13. The van der Waals surface area contributed by atoms with Crippen molar-refractivity contribution >= 4 is 131 Å². The van der Waals surface area contributed by atoms with E-state index in [1.54, 1.807) is 54.7 Å². The predicted octanol–water partition coefficient (Wildman–Crippen LogP) is -4.62. The average molecular weight is 1630 g/mol. The van der Waals surface area contributed by atoms with E-state index in [-0.39, 0.29) is 151 Å². The van der Waals surface area contributed by atoms with Crippen molar-refractivity contribution < 1.29 is 62.3 Å². The predicted molar refractivity (Wildman–Crippen MR) is 428 cm³/mol. The molecule has 0 radical (unpaired) electrons. The lowest BCUT2D eigenvalue weighted by Crippen LogP contribution is -2.61. The van der Waals surface area contributed by atoms with Crippen LogP contribution >= 0.6 is 25.3 Å². The zero-order valence-corrected chi connectivity index (χ0v) is 65.5. The minimum Gasteiger partial charge on any atom is -0.370 e. The number of amides is 13. The fourth-order valence-electron chi connectivity index (χ4n) is 14.1. The van der Waals surface area contributed by atoms with Gasteiger partial charge >= 0.3 is 0 Å². The lowest BCUT2D eigenvalue weighted by atomic mass is 10.0. The number of likely N-dealkylation sites (tertiary alicyclic amines) is 3. The van der Waals surface area contributed by atoms with Crippen LogP contribution in [0.3, 0.4) is 0 Å². The summed E-state index contributed by atoms with van der Waals surface area (Å²) in [7, 11) is 0. The SMILES string of the molecule is CC(=O)N[C@H](CCCNC(=N)N)C(=O)N[C@@H](CS)C(=O)N1CCC[C@H]1C(=O)N[C@@H](Cc1c[nH]cn1)C(=O)N[C@H](Cc1ccccc1)C(=O)N[C@@H](Cc1c[nH]cn1)C(=O)N[C@@H](Cc1c[nH]c2ccccc12)C(=O)N[C@@H](CS)C(=O)N1CCC[C@H]1C(=O)N1CCC[C@H]1C(=O)N[C@H](CCCNC(=N)N)C(=O)N[C@H](CCCNC(=N)N)C(N)=O. The zero-order valence-electron chi connectivity index (χ0n) is 63.7. The molecule has 40 nitrogen and oxygen atoms in total. The van der Waals surface area contributed by atoms with E-state index in [9.17, 15) is 43.2 Å². The van der Waals surface area contributed by atoms with Gasteiger partial charge < -0.3 is 116 Å². The Morgan fingerprint density at radius 2 is 0.852 bits per heavy atom. The number of nitrogens with two attached hydrogens (primary N) is 4. The molecule has 13 amide bonds. The summed E-state index contributed by atoms with van der Waals surface area (Å²) in [5.74, 6) is -11.1. The van der Waals surface area contributed by atoms with Crippen LogP contribution in [0.25, 0.3) is 10.9 Å². The van der Waals surface area contributed by atoms with Crippen molar-refractivity contribution in [1.29, 1.82) is 16.2 Å². The molecule has 2 aromatic carbocycles. The number of aromatic nitrogens is 5. The van der Waals surface area contributed by atoms with Gasteiger partial charge in [0, 0.05) is 113 Å². The zero-order chi connectivity index (χ0) is 83.3. The summed E-state index contributed by atoms with van der Waals surface area (Å²) in [6.45, 7) is 2.06. The summed E-state index contributed by atoms with van der Waals surface area (Å²) in [6, 6.07) is 0.235. The number of primary amides is 1. The van der Waals surface area contributed by atoms with Crippen LogP contribution in [0.5, 0.6) is 0 Å². The molecule has 3 aliphatic heterocycles. The number of rotatable bonds is 43. The van der Waals surface area contributed by atoms with Gasteiger partial charge in [-0.3, -0.25) is 78.6 Å². The Morgan fingerprint density at radius 3 is 1.32 bits per heavy atom. The number of para-hydroxylation sites is 1. The second kappa shape index (κ2) is 43.9. The minimum absolute atomic E-state index is 0.00291. The largest absolute Gasteiger partial charge is 0.370 e. The Hall–Kier alpha value is -12.0. The molecule has 0 unspecified atom stereocenters. The van der Waals surface area contributed by atoms with Gasteiger partial charge in [-0.25, -0.2) is 9.97 Å². The van der Waals surface area contributed by atoms with Crippen LogP contribution in [0.1, 0.15) is 106 Å². The van der Waals surface area contributed by atoms with Gasteiger partial charge in [-0.05, 0) is 94.2 Å². The maximum Gasteiger partial charge on any atom is 0.246 e. The Bertz CT molecular complexity index is 4230. The second-order valence-corrected chi connectivity index (χ2v) is 29.0. The van der Waals surface area contributed by atoms with E-state index >= 15 is 19.2 Å². The molecule has 0 bridgehead atoms. The number of nitrogens with one attached hydrogen (secondary N) is 18. The number of thiol groups is 2. The third-order valence-electron chi connectivity index (χ3n) is 19.9. The maximum atomic E-state index is 15.3. The van der Waals surface area contributed by atoms with Crippen molar-refractivity contribution in [3.63, 3.8) is 0 Å². The molecular formula is C73H105N27O13S2. The van der Waals surface area contributed by atoms with Crippen LogP contribution < -0.4 is 86.7 Å². The highest BCUT2D eigenvalue weighted by Crippen LogP contribution is 2.28. The van der Waals surface area contributed by atoms with Crippen molar-refractivity contribution in [1.82, 2.24) is 103 Å². The van der Waals surface area contributed by atoms with Crippen molar-refractivity contribution in [2.75, 3.05) is 50.8 Å². The molecule has 3 saturated heterocycles. The first-order valence-electron chi connectivity index (χ1n) is 38.0. The van der Waals surface area contributed by atoms with E-state index in [1.807, 2.05) is 6.07 Å². The molecule has 622 valence electrons. The van der Waals surface area contributed by atoms with Crippen LogP contribution in [-0.2, 0) is 88.0 Å². The van der Waals surface area contributed by atoms with Crippen molar-refractivity contribution in [2.45, 2.75) is 182 Å². The van der Waals surface area contributed by atoms with E-state index in [0.717, 1.165) is 0 Å². The van der Waals surface area contributed by atoms with Crippen LogP contribution in [-0.4, -0.2) is 258 Å². The lowest BCUT2D eigenvalue weighted by Gasteiger charge is -2.33. The molecule has 115 heavy (non-hydrogen) atoms. The van der Waals surface area contributed by atoms with Crippen molar-refractivity contribution in [3.05, 3.63) is 108 Å². The van der Waals surface area contributed by atoms with Crippen LogP contribution in [0.2, 0.25) is 0 Å². The summed E-state index contributed by atoms with van der Waals surface area (Å²) >= 11 is 8.89. The third-order valence-corrected chi connectivity index (χ3v) is 20.6. The third kappa shape index (κ3) is 26.3. The normalized spacial score (nSPS) is 17.5. The number of hydrogen-bond acceptors (Lipinski definition) is 20. The molecule has 8 rings (SSSR count). The average Bonchev–Trinajstić information content (AvgIpc) is 1.68. The summed E-state index contributed by atoms with van der Waals surface area (Å²) < 4.78 is 0. The maximum absolute atomic E-state index is 15.3. The number of imidazole rings is 2.